The number of aryl methyl sites for hydroxylation is 1. The number of rotatable bonds is 8. The lowest BCUT2D eigenvalue weighted by Gasteiger charge is -2.12. The molecule has 0 aromatic heterocycles. The van der Waals surface area contributed by atoms with E-state index >= 15 is 0 Å². The van der Waals surface area contributed by atoms with E-state index in [1.807, 2.05) is 31.2 Å². The molecule has 3 aromatic carbocycles. The molecule has 0 unspecified atom stereocenters. The number of carbonyl (C=O) groups excluding carboxylic acids is 2. The number of para-hydroxylation sites is 1. The quantitative estimate of drug-likeness (QED) is 0.596. The predicted octanol–water partition coefficient (Wildman–Crippen LogP) is 3.95. The first-order chi connectivity index (χ1) is 14.5. The molecule has 2 N–H and O–H groups in total. The van der Waals surface area contributed by atoms with Crippen LogP contribution in [-0.2, 0) is 11.3 Å². The minimum atomic E-state index is -0.364. The monoisotopic (exact) mass is 404 g/mol. The van der Waals surface area contributed by atoms with E-state index in [2.05, 4.69) is 10.6 Å². The van der Waals surface area contributed by atoms with Crippen LogP contribution in [0.4, 0.5) is 5.69 Å². The molecule has 0 aliphatic rings. The van der Waals surface area contributed by atoms with Gasteiger partial charge in [-0.1, -0.05) is 48.0 Å². The second-order valence-electron chi connectivity index (χ2n) is 6.73. The Balaban J connectivity index is 1.58. The van der Waals surface area contributed by atoms with Crippen molar-refractivity contribution in [3.63, 3.8) is 0 Å². The van der Waals surface area contributed by atoms with Crippen molar-refractivity contribution in [3.8, 4) is 11.5 Å². The minimum absolute atomic E-state index is 0.188. The predicted molar refractivity (Wildman–Crippen MR) is 116 cm³/mol. The van der Waals surface area contributed by atoms with Crippen molar-refractivity contribution >= 4 is 17.5 Å². The van der Waals surface area contributed by atoms with Crippen molar-refractivity contribution < 1.29 is 19.1 Å². The molecule has 154 valence electrons. The van der Waals surface area contributed by atoms with Crippen molar-refractivity contribution in [3.05, 3.63) is 89.5 Å². The normalized spacial score (nSPS) is 10.2. The van der Waals surface area contributed by atoms with Crippen LogP contribution in [-0.4, -0.2) is 25.5 Å². The van der Waals surface area contributed by atoms with Gasteiger partial charge in [0, 0.05) is 12.6 Å². The maximum Gasteiger partial charge on any atom is 0.262 e. The summed E-state index contributed by atoms with van der Waals surface area (Å²) in [7, 11) is 1.56. The summed E-state index contributed by atoms with van der Waals surface area (Å²) in [5.74, 6) is 0.536. The fraction of sp³-hybridized carbons (Fsp3) is 0.167. The zero-order valence-electron chi connectivity index (χ0n) is 17.0. The third kappa shape index (κ3) is 5.85. The van der Waals surface area contributed by atoms with Gasteiger partial charge < -0.3 is 20.1 Å². The van der Waals surface area contributed by atoms with Crippen LogP contribution in [0.15, 0.2) is 72.8 Å². The van der Waals surface area contributed by atoms with Gasteiger partial charge in [0.1, 0.15) is 11.5 Å². The molecule has 3 aromatic rings. The van der Waals surface area contributed by atoms with Crippen molar-refractivity contribution in [2.45, 2.75) is 13.5 Å². The van der Waals surface area contributed by atoms with Crippen LogP contribution < -0.4 is 20.1 Å². The Morgan fingerprint density at radius 1 is 0.900 bits per heavy atom. The molecule has 6 heteroatoms. The number of hydrogen-bond acceptors (Lipinski definition) is 4. The second kappa shape index (κ2) is 10.1. The zero-order valence-corrected chi connectivity index (χ0v) is 17.0. The molecule has 0 atom stereocenters. The Kier molecular flexibility index (Phi) is 7.05. The fourth-order valence-corrected chi connectivity index (χ4v) is 2.80. The maximum atomic E-state index is 12.6. The number of hydrogen-bond donors (Lipinski definition) is 2. The molecule has 0 fully saturated rings. The first-order valence-electron chi connectivity index (χ1n) is 9.54. The Bertz CT molecular complexity index is 1020. The average Bonchev–Trinajstić information content (AvgIpc) is 2.77. The van der Waals surface area contributed by atoms with Crippen molar-refractivity contribution in [1.29, 1.82) is 0 Å². The largest absolute Gasteiger partial charge is 0.497 e. The van der Waals surface area contributed by atoms with Gasteiger partial charge in [0.05, 0.1) is 18.4 Å². The van der Waals surface area contributed by atoms with Gasteiger partial charge in [-0.05, 0) is 36.8 Å². The molecule has 0 radical (unpaired) electrons. The van der Waals surface area contributed by atoms with Gasteiger partial charge in [-0.3, -0.25) is 9.59 Å². The molecule has 0 bridgehead atoms. The van der Waals surface area contributed by atoms with Crippen LogP contribution in [0.2, 0.25) is 0 Å². The molecular weight excluding hydrogens is 380 g/mol. The Hall–Kier alpha value is -3.80. The zero-order chi connectivity index (χ0) is 21.3. The number of amides is 2. The summed E-state index contributed by atoms with van der Waals surface area (Å²) in [4.78, 5) is 25.0. The Morgan fingerprint density at radius 3 is 2.40 bits per heavy atom. The lowest BCUT2D eigenvalue weighted by Crippen LogP contribution is -2.26. The molecule has 0 saturated carbocycles. The van der Waals surface area contributed by atoms with E-state index in [9.17, 15) is 9.59 Å². The number of methoxy groups -OCH3 is 1. The van der Waals surface area contributed by atoms with E-state index in [1.54, 1.807) is 55.6 Å². The van der Waals surface area contributed by atoms with Crippen molar-refractivity contribution in [2.24, 2.45) is 0 Å². The molecule has 0 spiro atoms. The molecule has 2 amide bonds. The summed E-state index contributed by atoms with van der Waals surface area (Å²) >= 11 is 0. The van der Waals surface area contributed by atoms with E-state index < -0.39 is 0 Å². The third-order valence-electron chi connectivity index (χ3n) is 4.43. The Morgan fingerprint density at radius 2 is 1.63 bits per heavy atom. The lowest BCUT2D eigenvalue weighted by molar-refractivity contribution is -0.118. The van der Waals surface area contributed by atoms with Gasteiger partial charge in [0.25, 0.3) is 11.8 Å². The van der Waals surface area contributed by atoms with E-state index in [0.29, 0.717) is 29.3 Å². The van der Waals surface area contributed by atoms with Crippen molar-refractivity contribution in [2.75, 3.05) is 19.0 Å². The summed E-state index contributed by atoms with van der Waals surface area (Å²) in [6.07, 6.45) is 0. The first-order valence-corrected chi connectivity index (χ1v) is 9.54. The lowest BCUT2D eigenvalue weighted by atomic mass is 10.1. The number of benzene rings is 3. The number of carbonyl (C=O) groups is 2. The highest BCUT2D eigenvalue weighted by Crippen LogP contribution is 2.19. The van der Waals surface area contributed by atoms with Crippen LogP contribution in [0.25, 0.3) is 0 Å². The van der Waals surface area contributed by atoms with E-state index in [0.717, 1.165) is 11.1 Å². The highest BCUT2D eigenvalue weighted by atomic mass is 16.5. The molecule has 0 aliphatic carbocycles. The van der Waals surface area contributed by atoms with Crippen LogP contribution in [0.1, 0.15) is 21.5 Å². The number of anilines is 1. The summed E-state index contributed by atoms with van der Waals surface area (Å²) in [5.41, 5.74) is 2.98. The average molecular weight is 404 g/mol. The number of ether oxygens (including phenoxy) is 2. The van der Waals surface area contributed by atoms with Gasteiger partial charge >= 0.3 is 0 Å². The van der Waals surface area contributed by atoms with Gasteiger partial charge in [-0.2, -0.15) is 0 Å². The van der Waals surface area contributed by atoms with Crippen LogP contribution in [0, 0.1) is 6.92 Å². The van der Waals surface area contributed by atoms with Gasteiger partial charge in [-0.25, -0.2) is 0 Å². The van der Waals surface area contributed by atoms with E-state index in [1.165, 1.54) is 0 Å². The van der Waals surface area contributed by atoms with E-state index in [4.69, 9.17) is 9.47 Å². The summed E-state index contributed by atoms with van der Waals surface area (Å²) in [6, 6.07) is 21.8. The van der Waals surface area contributed by atoms with Crippen LogP contribution in [0.5, 0.6) is 11.5 Å². The standard InChI is InChI=1S/C24H24N2O4/c1-17-10-12-18(13-11-17)15-25-24(28)21-8-3-4-9-22(21)26-23(27)16-30-20-7-5-6-19(14-20)29-2/h3-14H,15-16H2,1-2H3,(H,25,28)(H,26,27). The topological polar surface area (TPSA) is 76.7 Å². The fourth-order valence-electron chi connectivity index (χ4n) is 2.80. The van der Waals surface area contributed by atoms with Gasteiger partial charge in [0.2, 0.25) is 0 Å². The maximum absolute atomic E-state index is 12.6. The molecule has 30 heavy (non-hydrogen) atoms. The van der Waals surface area contributed by atoms with Crippen LogP contribution in [0.3, 0.4) is 0 Å². The first kappa shape index (κ1) is 20.9. The highest BCUT2D eigenvalue weighted by molar-refractivity contribution is 6.04. The number of nitrogens with one attached hydrogen (secondary N) is 2. The molecule has 0 aliphatic heterocycles. The molecule has 6 nitrogen and oxygen atoms in total. The summed E-state index contributed by atoms with van der Waals surface area (Å²) in [5, 5.41) is 5.62. The Labute approximate surface area is 175 Å². The second-order valence-corrected chi connectivity index (χ2v) is 6.73. The van der Waals surface area contributed by atoms with E-state index in [-0.39, 0.29) is 18.4 Å². The molecule has 0 heterocycles. The molecule has 3 rings (SSSR count). The van der Waals surface area contributed by atoms with Gasteiger partial charge in [-0.15, -0.1) is 0 Å². The third-order valence-corrected chi connectivity index (χ3v) is 4.43. The molecular formula is C24H24N2O4. The smallest absolute Gasteiger partial charge is 0.262 e. The van der Waals surface area contributed by atoms with Crippen molar-refractivity contribution in [1.82, 2.24) is 5.32 Å². The minimum Gasteiger partial charge on any atom is -0.497 e. The van der Waals surface area contributed by atoms with Crippen LogP contribution >= 0.6 is 0 Å². The van der Waals surface area contributed by atoms with Gasteiger partial charge in [0.15, 0.2) is 6.61 Å². The SMILES string of the molecule is COc1cccc(OCC(=O)Nc2ccccc2C(=O)NCc2ccc(C)cc2)c1. The highest BCUT2D eigenvalue weighted by Gasteiger charge is 2.13. The molecule has 0 saturated heterocycles. The summed E-state index contributed by atoms with van der Waals surface area (Å²) < 4.78 is 10.6. The summed E-state index contributed by atoms with van der Waals surface area (Å²) in [6.45, 7) is 2.23.